The molecule has 1 heterocycles. The Morgan fingerprint density at radius 2 is 2.22 bits per heavy atom. The van der Waals surface area contributed by atoms with E-state index in [9.17, 15) is 0 Å². The number of aromatic nitrogens is 1. The van der Waals surface area contributed by atoms with Gasteiger partial charge in [0.25, 0.3) is 0 Å². The highest BCUT2D eigenvalue weighted by molar-refractivity contribution is 9.10. The van der Waals surface area contributed by atoms with Gasteiger partial charge < -0.3 is 4.98 Å². The minimum Gasteiger partial charge on any atom is -0.349 e. The van der Waals surface area contributed by atoms with Crippen molar-refractivity contribution in [1.29, 1.82) is 0 Å². The molecule has 0 unspecified atom stereocenters. The Kier molecular flexibility index (Phi) is 2.03. The summed E-state index contributed by atoms with van der Waals surface area (Å²) in [7, 11) is 0. The van der Waals surface area contributed by atoms with Gasteiger partial charge in [-0.2, -0.15) is 0 Å². The summed E-state index contributed by atoms with van der Waals surface area (Å²) >= 11 is 8.23. The molecule has 1 nitrogen and oxygen atoms in total. The molecule has 1 aromatic rings. The largest absolute Gasteiger partial charge is 0.349 e. The van der Waals surface area contributed by atoms with Gasteiger partial charge >= 0.3 is 0 Å². The summed E-state index contributed by atoms with van der Waals surface area (Å²) in [5, 5.41) is 0. The lowest BCUT2D eigenvalue weighted by molar-refractivity contribution is 1.17. The normalized spacial score (nSPS) is 9.56. The van der Waals surface area contributed by atoms with Gasteiger partial charge in [0.15, 0.2) is 0 Å². The fraction of sp³-hybridized carbons (Fsp3) is 0.167. The molecule has 9 heavy (non-hydrogen) atoms. The summed E-state index contributed by atoms with van der Waals surface area (Å²) in [5.41, 5.74) is 1.09. The third-order valence-electron chi connectivity index (χ3n) is 1.01. The molecule has 0 aromatic carbocycles. The van der Waals surface area contributed by atoms with Gasteiger partial charge in [-0.3, -0.25) is 0 Å². The maximum absolute atomic E-state index is 4.94. The first-order chi connectivity index (χ1) is 4.20. The molecule has 0 saturated heterocycles. The molecule has 0 fully saturated rings. The van der Waals surface area contributed by atoms with E-state index >= 15 is 0 Å². The van der Waals surface area contributed by atoms with E-state index in [0.29, 0.717) is 0 Å². The van der Waals surface area contributed by atoms with Crippen molar-refractivity contribution in [2.24, 2.45) is 0 Å². The van der Waals surface area contributed by atoms with Crippen molar-refractivity contribution in [3.63, 3.8) is 0 Å². The minimum atomic E-state index is 0.759. The Morgan fingerprint density at radius 1 is 1.56 bits per heavy atom. The van der Waals surface area contributed by atoms with E-state index in [1.807, 2.05) is 19.1 Å². The molecule has 0 atom stereocenters. The summed E-state index contributed by atoms with van der Waals surface area (Å²) in [6, 6.07) is 3.91. The van der Waals surface area contributed by atoms with Gasteiger partial charge in [0, 0.05) is 5.69 Å². The molecule has 0 bridgehead atoms. The summed E-state index contributed by atoms with van der Waals surface area (Å²) in [5.74, 6) is 0. The second kappa shape index (κ2) is 2.62. The molecule has 48 valence electrons. The Balaban J connectivity index is 3.34. The van der Waals surface area contributed by atoms with E-state index in [-0.39, 0.29) is 0 Å². The van der Waals surface area contributed by atoms with Gasteiger partial charge in [-0.15, -0.1) is 0 Å². The molecule has 0 aliphatic carbocycles. The topological polar surface area (TPSA) is 15.8 Å². The first-order valence-corrected chi connectivity index (χ1v) is 3.76. The molecule has 1 aromatic heterocycles. The second-order valence-electron chi connectivity index (χ2n) is 1.82. The smallest absolute Gasteiger partial charge is 0.117 e. The number of H-pyrrole nitrogens is 1. The van der Waals surface area contributed by atoms with E-state index in [1.54, 1.807) is 0 Å². The van der Waals surface area contributed by atoms with Gasteiger partial charge in [-0.25, -0.2) is 0 Å². The number of aromatic amines is 1. The summed E-state index contributed by atoms with van der Waals surface area (Å²) < 4.78 is 1.71. The number of hydrogen-bond donors (Lipinski definition) is 1. The van der Waals surface area contributed by atoms with Crippen LogP contribution in [0.5, 0.6) is 0 Å². The van der Waals surface area contributed by atoms with Crippen LogP contribution in [-0.2, 0) is 0 Å². The molecule has 3 heteroatoms. The fourth-order valence-corrected chi connectivity index (χ4v) is 1.01. The number of rotatable bonds is 0. The first kappa shape index (κ1) is 6.96. The summed E-state index contributed by atoms with van der Waals surface area (Å²) in [4.78, 5) is 3.01. The third-order valence-corrected chi connectivity index (χ3v) is 2.25. The van der Waals surface area contributed by atoms with Crippen LogP contribution in [0.15, 0.2) is 16.6 Å². The van der Waals surface area contributed by atoms with E-state index in [4.69, 9.17) is 12.2 Å². The summed E-state index contributed by atoms with van der Waals surface area (Å²) in [6.07, 6.45) is 0. The Bertz CT molecular complexity index is 266. The van der Waals surface area contributed by atoms with Crippen molar-refractivity contribution >= 4 is 28.1 Å². The zero-order chi connectivity index (χ0) is 6.85. The fourth-order valence-electron chi connectivity index (χ4n) is 0.554. The second-order valence-corrected chi connectivity index (χ2v) is 3.08. The maximum atomic E-state index is 4.94. The average Bonchev–Trinajstić information content (AvgIpc) is 1.80. The molecule has 0 spiro atoms. The van der Waals surface area contributed by atoms with Gasteiger partial charge in [0.05, 0.1) is 4.47 Å². The number of pyridine rings is 1. The van der Waals surface area contributed by atoms with Crippen LogP contribution in [-0.4, -0.2) is 4.98 Å². The molecule has 1 rings (SSSR count). The van der Waals surface area contributed by atoms with Crippen molar-refractivity contribution in [2.45, 2.75) is 6.92 Å². The molecule has 0 amide bonds. The van der Waals surface area contributed by atoms with Crippen LogP contribution in [0.2, 0.25) is 0 Å². The number of nitrogens with one attached hydrogen (secondary N) is 1. The maximum Gasteiger partial charge on any atom is 0.117 e. The van der Waals surface area contributed by atoms with Gasteiger partial charge in [0.2, 0.25) is 0 Å². The minimum absolute atomic E-state index is 0.759. The van der Waals surface area contributed by atoms with Gasteiger partial charge in [0.1, 0.15) is 4.64 Å². The lowest BCUT2D eigenvalue weighted by atomic mass is 10.4. The predicted octanol–water partition coefficient (Wildman–Crippen LogP) is 2.82. The number of halogens is 1. The zero-order valence-corrected chi connectivity index (χ0v) is 7.34. The standard InChI is InChI=1S/C6H6BrNS/c1-4-2-3-5(7)6(9)8-4/h2-3H,1H3,(H,8,9). The molecular formula is C6H6BrNS. The SMILES string of the molecule is Cc1ccc(Br)c(=S)[nH]1. The first-order valence-electron chi connectivity index (χ1n) is 2.55. The van der Waals surface area contributed by atoms with Crippen molar-refractivity contribution in [2.75, 3.05) is 0 Å². The lowest BCUT2D eigenvalue weighted by Crippen LogP contribution is -1.79. The Morgan fingerprint density at radius 3 is 2.67 bits per heavy atom. The highest BCUT2D eigenvalue weighted by Crippen LogP contribution is 2.09. The molecule has 0 aliphatic heterocycles. The van der Waals surface area contributed by atoms with Crippen molar-refractivity contribution in [3.05, 3.63) is 26.9 Å². The van der Waals surface area contributed by atoms with Crippen LogP contribution in [0, 0.1) is 11.6 Å². The monoisotopic (exact) mass is 203 g/mol. The average molecular weight is 204 g/mol. The van der Waals surface area contributed by atoms with E-state index in [0.717, 1.165) is 14.8 Å². The van der Waals surface area contributed by atoms with Gasteiger partial charge in [-0.05, 0) is 35.0 Å². The molecule has 0 aliphatic rings. The lowest BCUT2D eigenvalue weighted by Gasteiger charge is -1.92. The zero-order valence-electron chi connectivity index (χ0n) is 4.94. The highest BCUT2D eigenvalue weighted by atomic mass is 79.9. The predicted molar refractivity (Wildman–Crippen MR) is 44.1 cm³/mol. The molecule has 1 N–H and O–H groups in total. The van der Waals surface area contributed by atoms with E-state index < -0.39 is 0 Å². The van der Waals surface area contributed by atoms with Crippen LogP contribution in [0.25, 0.3) is 0 Å². The van der Waals surface area contributed by atoms with Crippen LogP contribution in [0.3, 0.4) is 0 Å². The molecule has 0 saturated carbocycles. The number of aryl methyl sites for hydroxylation is 1. The van der Waals surface area contributed by atoms with Crippen molar-refractivity contribution in [3.8, 4) is 0 Å². The van der Waals surface area contributed by atoms with E-state index in [1.165, 1.54) is 0 Å². The third kappa shape index (κ3) is 1.63. The van der Waals surface area contributed by atoms with E-state index in [2.05, 4.69) is 20.9 Å². The summed E-state index contributed by atoms with van der Waals surface area (Å²) in [6.45, 7) is 1.97. The quantitative estimate of drug-likeness (QED) is 0.642. The molecule has 0 radical (unpaired) electrons. The Labute approximate surface area is 67.2 Å². The van der Waals surface area contributed by atoms with Crippen LogP contribution >= 0.6 is 28.1 Å². The highest BCUT2D eigenvalue weighted by Gasteiger charge is 1.87. The van der Waals surface area contributed by atoms with Crippen LogP contribution < -0.4 is 0 Å². The van der Waals surface area contributed by atoms with Gasteiger partial charge in [-0.1, -0.05) is 12.2 Å². The number of hydrogen-bond acceptors (Lipinski definition) is 1. The molecular weight excluding hydrogens is 198 g/mol. The van der Waals surface area contributed by atoms with Crippen LogP contribution in [0.4, 0.5) is 0 Å². The van der Waals surface area contributed by atoms with Crippen LogP contribution in [0.1, 0.15) is 5.69 Å². The van der Waals surface area contributed by atoms with Crippen molar-refractivity contribution < 1.29 is 0 Å². The Hall–Kier alpha value is -0.150. The van der Waals surface area contributed by atoms with Crippen molar-refractivity contribution in [1.82, 2.24) is 4.98 Å².